The lowest BCUT2D eigenvalue weighted by Crippen LogP contribution is -2.69. The van der Waals surface area contributed by atoms with E-state index in [1.54, 1.807) is 38.2 Å². The summed E-state index contributed by atoms with van der Waals surface area (Å²) in [6, 6.07) is 9.81. The highest BCUT2D eigenvalue weighted by molar-refractivity contribution is 7.89. The number of carbonyl (C=O) groups excluding carboxylic acids is 1. The number of nitrogens with one attached hydrogen (secondary N) is 1. The van der Waals surface area contributed by atoms with Crippen molar-refractivity contribution in [1.29, 1.82) is 0 Å². The zero-order chi connectivity index (χ0) is 21.4. The first-order valence-electron chi connectivity index (χ1n) is 9.24. The van der Waals surface area contributed by atoms with Crippen LogP contribution in [-0.4, -0.2) is 48.0 Å². The molecular weight excluding hydrogens is 433 g/mol. The van der Waals surface area contributed by atoms with Crippen molar-refractivity contribution < 1.29 is 13.2 Å². The van der Waals surface area contributed by atoms with Crippen LogP contribution in [0.1, 0.15) is 36.8 Å². The van der Waals surface area contributed by atoms with Gasteiger partial charge >= 0.3 is 0 Å². The Bertz CT molecular complexity index is 1010. The van der Waals surface area contributed by atoms with Gasteiger partial charge in [0.25, 0.3) is 5.91 Å². The number of aromatic nitrogens is 1. The lowest BCUT2D eigenvalue weighted by Gasteiger charge is -2.52. The predicted octanol–water partition coefficient (Wildman–Crippen LogP) is 3.50. The van der Waals surface area contributed by atoms with Crippen LogP contribution in [-0.2, 0) is 15.4 Å². The smallest absolute Gasteiger partial charge is 0.253 e. The van der Waals surface area contributed by atoms with Gasteiger partial charge in [0.05, 0.1) is 26.9 Å². The molecule has 0 spiro atoms. The van der Waals surface area contributed by atoms with Crippen LogP contribution >= 0.6 is 23.2 Å². The Morgan fingerprint density at radius 2 is 1.86 bits per heavy atom. The second-order valence-electron chi connectivity index (χ2n) is 7.55. The molecule has 2 heterocycles. The number of nitrogens with zero attached hydrogens (tertiary/aromatic N) is 2. The van der Waals surface area contributed by atoms with Crippen molar-refractivity contribution in [2.75, 3.05) is 13.1 Å². The molecule has 0 bridgehead atoms. The fourth-order valence-corrected chi connectivity index (χ4v) is 5.37. The molecule has 6 nitrogen and oxygen atoms in total. The summed E-state index contributed by atoms with van der Waals surface area (Å²) in [5, 5.41) is 3.16. The molecule has 1 aromatic heterocycles. The van der Waals surface area contributed by atoms with E-state index in [2.05, 4.69) is 10.3 Å². The number of sulfonamides is 1. The number of benzene rings is 1. The van der Waals surface area contributed by atoms with Gasteiger partial charge in [-0.2, -0.15) is 4.31 Å². The summed E-state index contributed by atoms with van der Waals surface area (Å²) >= 11 is 12.1. The zero-order valence-corrected chi connectivity index (χ0v) is 18.7. The minimum atomic E-state index is -3.39. The topological polar surface area (TPSA) is 79.4 Å². The van der Waals surface area contributed by atoms with Crippen molar-refractivity contribution in [3.63, 3.8) is 0 Å². The molecule has 1 aliphatic rings. The van der Waals surface area contributed by atoms with Gasteiger partial charge < -0.3 is 5.32 Å². The summed E-state index contributed by atoms with van der Waals surface area (Å²) in [5.74, 6) is -0.348. The second kappa shape index (κ2) is 8.22. The Labute approximate surface area is 181 Å². The number of hydrogen-bond donors (Lipinski definition) is 1. The average molecular weight is 456 g/mol. The van der Waals surface area contributed by atoms with Gasteiger partial charge in [-0.3, -0.25) is 9.78 Å². The van der Waals surface area contributed by atoms with Crippen LogP contribution in [0.2, 0.25) is 10.0 Å². The molecule has 0 unspecified atom stereocenters. The molecule has 1 aliphatic heterocycles. The van der Waals surface area contributed by atoms with Crippen LogP contribution in [0.3, 0.4) is 0 Å². The first kappa shape index (κ1) is 22.0. The molecule has 0 radical (unpaired) electrons. The van der Waals surface area contributed by atoms with Gasteiger partial charge in [0.1, 0.15) is 0 Å². The van der Waals surface area contributed by atoms with Crippen molar-refractivity contribution >= 4 is 39.1 Å². The van der Waals surface area contributed by atoms with Gasteiger partial charge in [-0.1, -0.05) is 29.3 Å². The summed E-state index contributed by atoms with van der Waals surface area (Å²) in [6.45, 7) is 5.67. The molecule has 1 aromatic carbocycles. The standard InChI is InChI=1S/C20H23Cl2N3O3S/c1-13(2)29(27,28)25-11-20(12-25,18-6-4-5-9-23-18)14(3)24-19(26)16-8-7-15(21)10-17(16)22/h4-10,13-14H,11-12H2,1-3H3,(H,24,26)/t14-/m1/s1. The maximum atomic E-state index is 12.8. The largest absolute Gasteiger partial charge is 0.348 e. The summed E-state index contributed by atoms with van der Waals surface area (Å²) in [7, 11) is -3.39. The number of carbonyl (C=O) groups is 1. The first-order chi connectivity index (χ1) is 13.6. The van der Waals surface area contributed by atoms with Crippen molar-refractivity contribution in [2.24, 2.45) is 0 Å². The van der Waals surface area contributed by atoms with E-state index in [-0.39, 0.29) is 30.1 Å². The Morgan fingerprint density at radius 1 is 1.17 bits per heavy atom. The average Bonchev–Trinajstić information content (AvgIpc) is 2.61. The molecule has 29 heavy (non-hydrogen) atoms. The number of pyridine rings is 1. The molecule has 2 aromatic rings. The van der Waals surface area contributed by atoms with E-state index in [0.29, 0.717) is 10.6 Å². The quantitative estimate of drug-likeness (QED) is 0.722. The van der Waals surface area contributed by atoms with E-state index in [9.17, 15) is 13.2 Å². The molecule has 1 saturated heterocycles. The second-order valence-corrected chi connectivity index (χ2v) is 10.9. The maximum Gasteiger partial charge on any atom is 0.253 e. The van der Waals surface area contributed by atoms with Crippen molar-refractivity contribution in [2.45, 2.75) is 37.5 Å². The lowest BCUT2D eigenvalue weighted by atomic mass is 9.72. The normalized spacial score (nSPS) is 17.6. The van der Waals surface area contributed by atoms with Crippen molar-refractivity contribution in [3.8, 4) is 0 Å². The van der Waals surface area contributed by atoms with Crippen molar-refractivity contribution in [1.82, 2.24) is 14.6 Å². The van der Waals surface area contributed by atoms with Gasteiger partial charge in [0.2, 0.25) is 10.0 Å². The number of halogens is 2. The molecule has 1 N–H and O–H groups in total. The Hall–Kier alpha value is -1.67. The Morgan fingerprint density at radius 3 is 2.41 bits per heavy atom. The van der Waals surface area contributed by atoms with Gasteiger partial charge in [0.15, 0.2) is 0 Å². The molecule has 156 valence electrons. The molecular formula is C20H23Cl2N3O3S. The molecule has 3 rings (SSSR count). The lowest BCUT2D eigenvalue weighted by molar-refractivity contribution is 0.0798. The van der Waals surface area contributed by atoms with Gasteiger partial charge in [-0.05, 0) is 51.1 Å². The minimum absolute atomic E-state index is 0.250. The summed E-state index contributed by atoms with van der Waals surface area (Å²) in [4.78, 5) is 17.2. The van der Waals surface area contributed by atoms with Crippen LogP contribution in [0.25, 0.3) is 0 Å². The molecule has 1 atom stereocenters. The SMILES string of the molecule is CC(C)S(=O)(=O)N1CC(c2ccccn2)([C@@H](C)NC(=O)c2ccc(Cl)cc2Cl)C1. The van der Waals surface area contributed by atoms with E-state index in [0.717, 1.165) is 5.69 Å². The first-order valence-corrected chi connectivity index (χ1v) is 11.5. The van der Waals surface area contributed by atoms with E-state index in [4.69, 9.17) is 23.2 Å². The molecule has 0 saturated carbocycles. The van der Waals surface area contributed by atoms with Gasteiger partial charge in [-0.15, -0.1) is 0 Å². The fraction of sp³-hybridized carbons (Fsp3) is 0.400. The van der Waals surface area contributed by atoms with E-state index >= 15 is 0 Å². The highest BCUT2D eigenvalue weighted by Crippen LogP contribution is 2.39. The van der Waals surface area contributed by atoms with Gasteiger partial charge in [-0.25, -0.2) is 8.42 Å². The highest BCUT2D eigenvalue weighted by Gasteiger charge is 2.54. The number of amides is 1. The molecule has 9 heteroatoms. The van der Waals surface area contributed by atoms with Crippen LogP contribution in [0.5, 0.6) is 0 Å². The number of hydrogen-bond acceptors (Lipinski definition) is 4. The van der Waals surface area contributed by atoms with Crippen LogP contribution in [0, 0.1) is 0 Å². The third-order valence-corrected chi connectivity index (χ3v) is 8.12. The molecule has 1 amide bonds. The summed E-state index contributed by atoms with van der Waals surface area (Å²) < 4.78 is 26.6. The predicted molar refractivity (Wildman–Crippen MR) is 115 cm³/mol. The van der Waals surface area contributed by atoms with Crippen molar-refractivity contribution in [3.05, 3.63) is 63.9 Å². The van der Waals surface area contributed by atoms with Crippen LogP contribution in [0.15, 0.2) is 42.6 Å². The molecule has 0 aliphatic carbocycles. The zero-order valence-electron chi connectivity index (χ0n) is 16.4. The third kappa shape index (κ3) is 4.14. The Balaban J connectivity index is 1.87. The van der Waals surface area contributed by atoms with E-state index < -0.39 is 20.7 Å². The third-order valence-electron chi connectivity index (χ3n) is 5.40. The van der Waals surface area contributed by atoms with Crippen LogP contribution < -0.4 is 5.32 Å². The monoisotopic (exact) mass is 455 g/mol. The van der Waals surface area contributed by atoms with Crippen LogP contribution in [0.4, 0.5) is 0 Å². The minimum Gasteiger partial charge on any atom is -0.348 e. The van der Waals surface area contributed by atoms with E-state index in [1.165, 1.54) is 10.4 Å². The maximum absolute atomic E-state index is 12.8. The van der Waals surface area contributed by atoms with E-state index in [1.807, 2.05) is 19.1 Å². The summed E-state index contributed by atoms with van der Waals surface area (Å²) in [6.07, 6.45) is 1.67. The fourth-order valence-electron chi connectivity index (χ4n) is 3.46. The van der Waals surface area contributed by atoms with Gasteiger partial charge in [0, 0.05) is 30.4 Å². The summed E-state index contributed by atoms with van der Waals surface area (Å²) in [5.41, 5.74) is 0.424. The number of rotatable bonds is 6. The molecule has 1 fully saturated rings. The highest BCUT2D eigenvalue weighted by atomic mass is 35.5. The Kier molecular flexibility index (Phi) is 6.24.